The third kappa shape index (κ3) is 4.34. The van der Waals surface area contributed by atoms with Gasteiger partial charge in [0.25, 0.3) is 5.56 Å². The van der Waals surface area contributed by atoms with E-state index in [-0.39, 0.29) is 11.6 Å². The predicted octanol–water partition coefficient (Wildman–Crippen LogP) is 1.32. The Balaban J connectivity index is 2.45. The molecule has 0 saturated carbocycles. The monoisotopic (exact) mass is 238 g/mol. The largest absolute Gasteiger partial charge is 0.320 e. The zero-order valence-electron chi connectivity index (χ0n) is 10.2. The lowest BCUT2D eigenvalue weighted by atomic mass is 9.97. The van der Waals surface area contributed by atoms with E-state index >= 15 is 0 Å². The maximum absolute atomic E-state index is 11.6. The third-order valence-corrected chi connectivity index (χ3v) is 2.85. The highest BCUT2D eigenvalue weighted by atomic mass is 16.2. The van der Waals surface area contributed by atoms with Crippen molar-refractivity contribution in [3.05, 3.63) is 16.6 Å². The first kappa shape index (κ1) is 13.3. The molecule has 1 rings (SSSR count). The maximum Gasteiger partial charge on any atom is 0.290 e. The van der Waals surface area contributed by atoms with Crippen LogP contribution in [-0.4, -0.2) is 21.3 Å². The van der Waals surface area contributed by atoms with Crippen molar-refractivity contribution in [1.82, 2.24) is 15.4 Å². The zero-order valence-corrected chi connectivity index (χ0v) is 10.2. The Bertz CT molecular complexity index is 412. The summed E-state index contributed by atoms with van der Waals surface area (Å²) in [5.41, 5.74) is -0.287. The van der Waals surface area contributed by atoms with E-state index in [2.05, 4.69) is 34.6 Å². The summed E-state index contributed by atoms with van der Waals surface area (Å²) in [6.45, 7) is 4.23. The van der Waals surface area contributed by atoms with Crippen LogP contribution in [0.15, 0.2) is 11.0 Å². The molecule has 0 aliphatic heterocycles. The standard InChI is InChI=1S/C11H18N4O2/c1-3-8(4-2)5-6-10(16)13-9-7-12-15-14-11(9)17/h7-8H,3-6H2,1-2H3,(H,12,14,17)(H,13,15,16). The van der Waals surface area contributed by atoms with Crippen molar-refractivity contribution < 1.29 is 4.79 Å². The smallest absolute Gasteiger partial charge is 0.290 e. The van der Waals surface area contributed by atoms with Crippen molar-refractivity contribution in [2.45, 2.75) is 39.5 Å². The summed E-state index contributed by atoms with van der Waals surface area (Å²) in [4.78, 5) is 22.8. The molecule has 0 aliphatic rings. The quantitative estimate of drug-likeness (QED) is 0.782. The fraction of sp³-hybridized carbons (Fsp3) is 0.636. The van der Waals surface area contributed by atoms with Crippen LogP contribution in [0.3, 0.4) is 0 Å². The van der Waals surface area contributed by atoms with Gasteiger partial charge in [-0.05, 0) is 12.3 Å². The van der Waals surface area contributed by atoms with Gasteiger partial charge in [0.15, 0.2) is 0 Å². The molecule has 1 heterocycles. The summed E-state index contributed by atoms with van der Waals surface area (Å²) < 4.78 is 0. The molecule has 94 valence electrons. The minimum atomic E-state index is -0.434. The Labute approximate surface area is 99.8 Å². The van der Waals surface area contributed by atoms with Gasteiger partial charge in [-0.2, -0.15) is 0 Å². The minimum absolute atomic E-state index is 0.148. The summed E-state index contributed by atoms with van der Waals surface area (Å²) >= 11 is 0. The number of nitrogens with zero attached hydrogens (tertiary/aromatic N) is 2. The number of hydrogen-bond acceptors (Lipinski definition) is 4. The van der Waals surface area contributed by atoms with Crippen LogP contribution in [0.2, 0.25) is 0 Å². The van der Waals surface area contributed by atoms with E-state index in [1.165, 1.54) is 6.20 Å². The molecule has 1 aromatic rings. The molecule has 0 radical (unpaired) electrons. The Hall–Kier alpha value is -1.72. The number of carbonyl (C=O) groups excluding carboxylic acids is 1. The molecule has 0 bridgehead atoms. The molecule has 6 nitrogen and oxygen atoms in total. The first-order chi connectivity index (χ1) is 8.17. The Morgan fingerprint density at radius 1 is 1.47 bits per heavy atom. The van der Waals surface area contributed by atoms with Gasteiger partial charge in [-0.1, -0.05) is 31.9 Å². The van der Waals surface area contributed by atoms with Crippen molar-refractivity contribution in [2.75, 3.05) is 5.32 Å². The molecule has 0 fully saturated rings. The molecule has 1 aromatic heterocycles. The van der Waals surface area contributed by atoms with Gasteiger partial charge in [0.05, 0.1) is 6.20 Å². The number of aromatic nitrogens is 3. The van der Waals surface area contributed by atoms with Crippen LogP contribution in [0.5, 0.6) is 0 Å². The van der Waals surface area contributed by atoms with Crippen molar-refractivity contribution in [3.8, 4) is 0 Å². The predicted molar refractivity (Wildman–Crippen MR) is 64.6 cm³/mol. The summed E-state index contributed by atoms with van der Waals surface area (Å²) in [7, 11) is 0. The summed E-state index contributed by atoms with van der Waals surface area (Å²) in [6, 6.07) is 0. The highest BCUT2D eigenvalue weighted by Crippen LogP contribution is 2.14. The Morgan fingerprint density at radius 2 is 2.18 bits per heavy atom. The number of amides is 1. The molecule has 0 aromatic carbocycles. The molecule has 1 amide bonds. The first-order valence-electron chi connectivity index (χ1n) is 5.87. The molecule has 0 aliphatic carbocycles. The molecule has 17 heavy (non-hydrogen) atoms. The van der Waals surface area contributed by atoms with E-state index in [1.807, 2.05) is 0 Å². The average Bonchev–Trinajstić information content (AvgIpc) is 2.33. The lowest BCUT2D eigenvalue weighted by Crippen LogP contribution is -2.21. The molecule has 0 unspecified atom stereocenters. The van der Waals surface area contributed by atoms with Crippen molar-refractivity contribution in [3.63, 3.8) is 0 Å². The number of rotatable bonds is 6. The van der Waals surface area contributed by atoms with Crippen LogP contribution in [-0.2, 0) is 4.79 Å². The van der Waals surface area contributed by atoms with Crippen LogP contribution < -0.4 is 10.9 Å². The van der Waals surface area contributed by atoms with Crippen molar-refractivity contribution in [1.29, 1.82) is 0 Å². The number of carbonyl (C=O) groups is 1. The SMILES string of the molecule is CCC(CC)CCC(=O)Nc1cnn[nH]c1=O. The molecular weight excluding hydrogens is 220 g/mol. The van der Waals surface area contributed by atoms with Gasteiger partial charge in [0.1, 0.15) is 5.69 Å². The van der Waals surface area contributed by atoms with Gasteiger partial charge in [-0.3, -0.25) is 9.59 Å². The van der Waals surface area contributed by atoms with E-state index in [1.54, 1.807) is 0 Å². The fourth-order valence-electron chi connectivity index (χ4n) is 1.61. The second-order valence-electron chi connectivity index (χ2n) is 3.97. The Morgan fingerprint density at radius 3 is 2.76 bits per heavy atom. The summed E-state index contributed by atoms with van der Waals surface area (Å²) in [5.74, 6) is 0.407. The van der Waals surface area contributed by atoms with E-state index in [9.17, 15) is 9.59 Å². The van der Waals surface area contributed by atoms with Crippen LogP contribution in [0.25, 0.3) is 0 Å². The number of hydrogen-bond donors (Lipinski definition) is 2. The first-order valence-corrected chi connectivity index (χ1v) is 5.87. The highest BCUT2D eigenvalue weighted by molar-refractivity contribution is 5.90. The van der Waals surface area contributed by atoms with Gasteiger partial charge in [-0.25, -0.2) is 5.10 Å². The van der Waals surface area contributed by atoms with Gasteiger partial charge < -0.3 is 5.32 Å². The molecule has 0 saturated heterocycles. The van der Waals surface area contributed by atoms with Crippen LogP contribution in [0, 0.1) is 5.92 Å². The molecule has 2 N–H and O–H groups in total. The van der Waals surface area contributed by atoms with Gasteiger partial charge >= 0.3 is 0 Å². The van der Waals surface area contributed by atoms with Gasteiger partial charge in [0, 0.05) is 6.42 Å². The lowest BCUT2D eigenvalue weighted by molar-refractivity contribution is -0.116. The van der Waals surface area contributed by atoms with E-state index in [0.717, 1.165) is 19.3 Å². The molecule has 6 heteroatoms. The lowest BCUT2D eigenvalue weighted by Gasteiger charge is -2.11. The van der Waals surface area contributed by atoms with E-state index in [4.69, 9.17) is 0 Å². The highest BCUT2D eigenvalue weighted by Gasteiger charge is 2.09. The van der Waals surface area contributed by atoms with Gasteiger partial charge in [0.2, 0.25) is 5.91 Å². The second kappa shape index (κ2) is 6.78. The molecular formula is C11H18N4O2. The third-order valence-electron chi connectivity index (χ3n) is 2.85. The van der Waals surface area contributed by atoms with Crippen LogP contribution in [0.4, 0.5) is 5.69 Å². The zero-order chi connectivity index (χ0) is 12.7. The van der Waals surface area contributed by atoms with Crippen LogP contribution >= 0.6 is 0 Å². The summed E-state index contributed by atoms with van der Waals surface area (Å²) in [5, 5.41) is 11.5. The van der Waals surface area contributed by atoms with E-state index < -0.39 is 5.56 Å². The Kier molecular flexibility index (Phi) is 5.32. The average molecular weight is 238 g/mol. The number of anilines is 1. The summed E-state index contributed by atoms with van der Waals surface area (Å²) in [6.07, 6.45) is 4.65. The van der Waals surface area contributed by atoms with Crippen LogP contribution in [0.1, 0.15) is 39.5 Å². The molecule has 0 spiro atoms. The van der Waals surface area contributed by atoms with Crippen molar-refractivity contribution >= 4 is 11.6 Å². The molecule has 0 atom stereocenters. The number of nitrogens with one attached hydrogen (secondary N) is 2. The maximum atomic E-state index is 11.6. The fourth-order valence-corrected chi connectivity index (χ4v) is 1.61. The van der Waals surface area contributed by atoms with Crippen molar-refractivity contribution in [2.24, 2.45) is 5.92 Å². The second-order valence-corrected chi connectivity index (χ2v) is 3.97. The minimum Gasteiger partial charge on any atom is -0.320 e. The topological polar surface area (TPSA) is 87.7 Å². The van der Waals surface area contributed by atoms with Gasteiger partial charge in [-0.15, -0.1) is 5.10 Å². The van der Waals surface area contributed by atoms with E-state index in [0.29, 0.717) is 12.3 Å². The normalized spacial score (nSPS) is 10.5. The number of H-pyrrole nitrogens is 1. The number of aromatic amines is 1.